The maximum Gasteiger partial charge on any atom is 0.241 e. The molecule has 2 amide bonds. The SMILES string of the molecule is CSCCNC(=NCc1ccc(N2CCCC2=O)cc1)NCC(=O)N(C)C.I. The summed E-state index contributed by atoms with van der Waals surface area (Å²) in [6.45, 7) is 2.27. The molecule has 0 aromatic heterocycles. The molecule has 1 heterocycles. The Kier molecular flexibility index (Phi) is 11.3. The lowest BCUT2D eigenvalue weighted by atomic mass is 10.2. The molecule has 0 bridgehead atoms. The third-order valence-corrected chi connectivity index (χ3v) is 4.86. The first-order valence-corrected chi connectivity index (χ1v) is 10.5. The van der Waals surface area contributed by atoms with Crippen LogP contribution in [-0.4, -0.2) is 68.4 Å². The number of benzene rings is 1. The van der Waals surface area contributed by atoms with Crippen LogP contribution in [0.1, 0.15) is 18.4 Å². The monoisotopic (exact) mass is 519 g/mol. The third-order valence-electron chi connectivity index (χ3n) is 4.25. The molecule has 9 heteroatoms. The number of anilines is 1. The van der Waals surface area contributed by atoms with Crippen molar-refractivity contribution in [3.63, 3.8) is 0 Å². The fourth-order valence-corrected chi connectivity index (χ4v) is 2.94. The second-order valence-corrected chi connectivity index (χ2v) is 7.53. The number of aliphatic imine (C=N–C) groups is 1. The molecule has 28 heavy (non-hydrogen) atoms. The molecule has 156 valence electrons. The number of likely N-dealkylation sites (N-methyl/N-ethyl adjacent to an activating group) is 1. The minimum absolute atomic E-state index is 0. The van der Waals surface area contributed by atoms with Crippen LogP contribution in [0.25, 0.3) is 0 Å². The minimum atomic E-state index is -0.00556. The molecular weight excluding hydrogens is 489 g/mol. The predicted octanol–water partition coefficient (Wildman–Crippen LogP) is 1.92. The predicted molar refractivity (Wildman–Crippen MR) is 128 cm³/mol. The molecular formula is C19H30IN5O2S. The van der Waals surface area contributed by atoms with Gasteiger partial charge in [-0.3, -0.25) is 9.59 Å². The number of rotatable bonds is 8. The Morgan fingerprint density at radius 2 is 1.96 bits per heavy atom. The normalized spacial score (nSPS) is 13.9. The third kappa shape index (κ3) is 7.86. The van der Waals surface area contributed by atoms with Crippen LogP contribution in [0, 0.1) is 0 Å². The van der Waals surface area contributed by atoms with Gasteiger partial charge in [-0.25, -0.2) is 4.99 Å². The summed E-state index contributed by atoms with van der Waals surface area (Å²) in [5.74, 6) is 1.77. The molecule has 0 saturated carbocycles. The van der Waals surface area contributed by atoms with Gasteiger partial charge >= 0.3 is 0 Å². The molecule has 0 atom stereocenters. The van der Waals surface area contributed by atoms with E-state index in [1.54, 1.807) is 30.8 Å². The zero-order valence-electron chi connectivity index (χ0n) is 16.7. The van der Waals surface area contributed by atoms with E-state index in [4.69, 9.17) is 0 Å². The molecule has 1 saturated heterocycles. The molecule has 1 aliphatic heterocycles. The first kappa shape index (κ1) is 24.5. The summed E-state index contributed by atoms with van der Waals surface area (Å²) in [6.07, 6.45) is 3.61. The van der Waals surface area contributed by atoms with E-state index in [1.807, 2.05) is 35.4 Å². The van der Waals surface area contributed by atoms with Crippen LogP contribution in [-0.2, 0) is 16.1 Å². The van der Waals surface area contributed by atoms with E-state index in [0.717, 1.165) is 36.5 Å². The van der Waals surface area contributed by atoms with Crippen molar-refractivity contribution in [3.05, 3.63) is 29.8 Å². The largest absolute Gasteiger partial charge is 0.356 e. The van der Waals surface area contributed by atoms with Gasteiger partial charge in [-0.2, -0.15) is 11.8 Å². The standard InChI is InChI=1S/C19H29N5O2S.HI/c1-23(2)18(26)14-22-19(20-10-12-27-3)21-13-15-6-8-16(9-7-15)24-11-4-5-17(24)25;/h6-9H,4-5,10-14H2,1-3H3,(H2,20,21,22);1H. The van der Waals surface area contributed by atoms with Crippen LogP contribution in [0.2, 0.25) is 0 Å². The van der Waals surface area contributed by atoms with Crippen molar-refractivity contribution in [3.8, 4) is 0 Å². The van der Waals surface area contributed by atoms with Crippen molar-refractivity contribution in [1.29, 1.82) is 0 Å². The fourth-order valence-electron chi connectivity index (χ4n) is 2.64. The van der Waals surface area contributed by atoms with E-state index >= 15 is 0 Å². The molecule has 1 aromatic carbocycles. The Morgan fingerprint density at radius 3 is 2.54 bits per heavy atom. The van der Waals surface area contributed by atoms with Crippen LogP contribution in [0.4, 0.5) is 5.69 Å². The molecule has 0 aliphatic carbocycles. The highest BCUT2D eigenvalue weighted by Gasteiger charge is 2.21. The van der Waals surface area contributed by atoms with Crippen LogP contribution in [0.5, 0.6) is 0 Å². The summed E-state index contributed by atoms with van der Waals surface area (Å²) in [6, 6.07) is 7.93. The van der Waals surface area contributed by atoms with Crippen LogP contribution < -0.4 is 15.5 Å². The van der Waals surface area contributed by atoms with Gasteiger partial charge in [0.25, 0.3) is 0 Å². The van der Waals surface area contributed by atoms with Gasteiger partial charge in [0, 0.05) is 45.0 Å². The minimum Gasteiger partial charge on any atom is -0.356 e. The highest BCUT2D eigenvalue weighted by Crippen LogP contribution is 2.21. The van der Waals surface area contributed by atoms with Gasteiger partial charge < -0.3 is 20.4 Å². The summed E-state index contributed by atoms with van der Waals surface area (Å²) in [5.41, 5.74) is 1.99. The topological polar surface area (TPSA) is 77.0 Å². The van der Waals surface area contributed by atoms with Gasteiger partial charge in [-0.05, 0) is 30.4 Å². The molecule has 0 unspecified atom stereocenters. The molecule has 2 rings (SSSR count). The Hall–Kier alpha value is -1.49. The molecule has 7 nitrogen and oxygen atoms in total. The Balaban J connectivity index is 0.00000392. The number of hydrogen-bond acceptors (Lipinski definition) is 4. The van der Waals surface area contributed by atoms with Crippen LogP contribution in [0.15, 0.2) is 29.3 Å². The summed E-state index contributed by atoms with van der Waals surface area (Å²) in [5, 5.41) is 6.32. The molecule has 1 aliphatic rings. The number of nitrogens with zero attached hydrogens (tertiary/aromatic N) is 3. The lowest BCUT2D eigenvalue weighted by Crippen LogP contribution is -2.43. The maximum atomic E-state index is 11.8. The van der Waals surface area contributed by atoms with Gasteiger partial charge in [-0.15, -0.1) is 24.0 Å². The quantitative estimate of drug-likeness (QED) is 0.238. The number of nitrogens with one attached hydrogen (secondary N) is 2. The maximum absolute atomic E-state index is 11.8. The number of guanidine groups is 1. The second kappa shape index (κ2) is 12.9. The van der Waals surface area contributed by atoms with Crippen molar-refractivity contribution < 1.29 is 9.59 Å². The summed E-state index contributed by atoms with van der Waals surface area (Å²) >= 11 is 1.75. The molecule has 1 fully saturated rings. The number of amides is 2. The van der Waals surface area contributed by atoms with Gasteiger partial charge in [0.1, 0.15) is 0 Å². The van der Waals surface area contributed by atoms with Gasteiger partial charge in [0.15, 0.2) is 5.96 Å². The average Bonchev–Trinajstić information content (AvgIpc) is 3.09. The smallest absolute Gasteiger partial charge is 0.241 e. The highest BCUT2D eigenvalue weighted by atomic mass is 127. The first-order chi connectivity index (χ1) is 13.0. The Bertz CT molecular complexity index is 667. The molecule has 0 spiro atoms. The van der Waals surface area contributed by atoms with Crippen LogP contribution in [0.3, 0.4) is 0 Å². The summed E-state index contributed by atoms with van der Waals surface area (Å²) in [7, 11) is 3.46. The Labute approximate surface area is 188 Å². The molecule has 1 aromatic rings. The first-order valence-electron chi connectivity index (χ1n) is 9.12. The molecule has 0 radical (unpaired) electrons. The lowest BCUT2D eigenvalue weighted by Gasteiger charge is -2.16. The summed E-state index contributed by atoms with van der Waals surface area (Å²) < 4.78 is 0. The highest BCUT2D eigenvalue weighted by molar-refractivity contribution is 14.0. The van der Waals surface area contributed by atoms with E-state index in [9.17, 15) is 9.59 Å². The van der Waals surface area contributed by atoms with E-state index in [-0.39, 0.29) is 42.3 Å². The van der Waals surface area contributed by atoms with Crippen molar-refractivity contribution in [2.75, 3.05) is 50.6 Å². The molecule has 2 N–H and O–H groups in total. The van der Waals surface area contributed by atoms with Gasteiger partial charge in [0.05, 0.1) is 13.1 Å². The second-order valence-electron chi connectivity index (χ2n) is 6.54. The zero-order chi connectivity index (χ0) is 19.6. The van der Waals surface area contributed by atoms with Crippen LogP contribution >= 0.6 is 35.7 Å². The Morgan fingerprint density at radius 1 is 1.25 bits per heavy atom. The number of thioether (sulfide) groups is 1. The number of carbonyl (C=O) groups excluding carboxylic acids is 2. The zero-order valence-corrected chi connectivity index (χ0v) is 19.9. The number of halogens is 1. The van der Waals surface area contributed by atoms with E-state index in [1.165, 1.54) is 0 Å². The average molecular weight is 519 g/mol. The van der Waals surface area contributed by atoms with Crippen molar-refractivity contribution >= 4 is 59.2 Å². The van der Waals surface area contributed by atoms with Crippen molar-refractivity contribution in [2.24, 2.45) is 4.99 Å². The van der Waals surface area contributed by atoms with E-state index < -0.39 is 0 Å². The summed E-state index contributed by atoms with van der Waals surface area (Å²) in [4.78, 5) is 31.6. The van der Waals surface area contributed by atoms with E-state index in [0.29, 0.717) is 18.9 Å². The fraction of sp³-hybridized carbons (Fsp3) is 0.526. The van der Waals surface area contributed by atoms with E-state index in [2.05, 4.69) is 15.6 Å². The van der Waals surface area contributed by atoms with Gasteiger partial charge in [-0.1, -0.05) is 12.1 Å². The number of carbonyl (C=O) groups is 2. The van der Waals surface area contributed by atoms with Gasteiger partial charge in [0.2, 0.25) is 11.8 Å². The van der Waals surface area contributed by atoms with Crippen molar-refractivity contribution in [1.82, 2.24) is 15.5 Å². The lowest BCUT2D eigenvalue weighted by molar-refractivity contribution is -0.127. The number of hydrogen-bond donors (Lipinski definition) is 2. The van der Waals surface area contributed by atoms with Crippen molar-refractivity contribution in [2.45, 2.75) is 19.4 Å².